The molecule has 0 unspecified atom stereocenters. The quantitative estimate of drug-likeness (QED) is 0.154. The predicted octanol–water partition coefficient (Wildman–Crippen LogP) is 17.6. The summed E-state index contributed by atoms with van der Waals surface area (Å²) in [5.41, 5.74) is 13.4. The largest absolute Gasteiger partial charge is 0.310 e. The Morgan fingerprint density at radius 2 is 0.864 bits per heavy atom. The second-order valence-corrected chi connectivity index (χ2v) is 20.0. The number of nitrogens with zero attached hydrogens (tertiary/aromatic N) is 2. The Bertz CT molecular complexity index is 3710. The number of rotatable bonds is 6. The SMILES string of the molecule is c1ccc(N(c2ccc3c(ccc4ccccc43)c2)c2ccc3ccc4c(N(c5ccccc5)c5cccc6c5C5(c7ccccc7-6)C6CC7CC(C6)CC5C7)ccc5ccc2c3c54)cc1. The molecule has 0 aliphatic heterocycles. The summed E-state index contributed by atoms with van der Waals surface area (Å²) >= 11 is 0. The van der Waals surface area contributed by atoms with Gasteiger partial charge in [0.25, 0.3) is 0 Å². The molecular formula is C64H48N2. The monoisotopic (exact) mass is 844 g/mol. The molecule has 0 atom stereocenters. The van der Waals surface area contributed by atoms with E-state index in [1.807, 2.05) is 0 Å². The molecule has 11 aromatic rings. The van der Waals surface area contributed by atoms with Crippen molar-refractivity contribution < 1.29 is 0 Å². The molecule has 5 aliphatic carbocycles. The maximum Gasteiger partial charge on any atom is 0.0540 e. The third-order valence-corrected chi connectivity index (χ3v) is 16.9. The summed E-state index contributed by atoms with van der Waals surface area (Å²) in [7, 11) is 0. The number of fused-ring (bicyclic) bond motifs is 6. The molecule has 5 aliphatic rings. The van der Waals surface area contributed by atoms with Crippen molar-refractivity contribution in [1.29, 1.82) is 0 Å². The molecule has 0 radical (unpaired) electrons. The van der Waals surface area contributed by atoms with Crippen molar-refractivity contribution >= 4 is 88.0 Å². The van der Waals surface area contributed by atoms with Gasteiger partial charge in [0, 0.05) is 33.2 Å². The molecular weight excluding hydrogens is 797 g/mol. The number of anilines is 6. The predicted molar refractivity (Wildman–Crippen MR) is 278 cm³/mol. The van der Waals surface area contributed by atoms with Crippen molar-refractivity contribution in [3.8, 4) is 11.1 Å². The van der Waals surface area contributed by atoms with Gasteiger partial charge in [-0.25, -0.2) is 0 Å². The van der Waals surface area contributed by atoms with E-state index in [0.29, 0.717) is 11.8 Å². The average molecular weight is 845 g/mol. The summed E-state index contributed by atoms with van der Waals surface area (Å²) in [6, 6.07) is 78.2. The van der Waals surface area contributed by atoms with Crippen LogP contribution in [0, 0.1) is 23.7 Å². The van der Waals surface area contributed by atoms with Crippen LogP contribution < -0.4 is 9.80 Å². The lowest BCUT2D eigenvalue weighted by atomic mass is 9.43. The number of hydrogen-bond acceptors (Lipinski definition) is 2. The van der Waals surface area contributed by atoms with Crippen molar-refractivity contribution in [3.05, 3.63) is 217 Å². The van der Waals surface area contributed by atoms with E-state index in [2.05, 4.69) is 216 Å². The molecule has 0 amide bonds. The van der Waals surface area contributed by atoms with Crippen LogP contribution in [-0.2, 0) is 5.41 Å². The van der Waals surface area contributed by atoms with Gasteiger partial charge in [-0.05, 0) is 176 Å². The first-order valence-electron chi connectivity index (χ1n) is 24.3. The highest BCUT2D eigenvalue weighted by molar-refractivity contribution is 6.28. The van der Waals surface area contributed by atoms with Gasteiger partial charge in [-0.15, -0.1) is 0 Å². The average Bonchev–Trinajstić information content (AvgIpc) is 3.67. The highest BCUT2D eigenvalue weighted by Crippen LogP contribution is 2.71. The van der Waals surface area contributed by atoms with Gasteiger partial charge in [0.2, 0.25) is 0 Å². The first-order valence-corrected chi connectivity index (χ1v) is 24.3. The molecule has 16 rings (SSSR count). The van der Waals surface area contributed by atoms with Gasteiger partial charge in [-0.1, -0.05) is 152 Å². The van der Waals surface area contributed by atoms with E-state index in [1.54, 1.807) is 11.1 Å². The number of para-hydroxylation sites is 2. The Morgan fingerprint density at radius 3 is 1.58 bits per heavy atom. The fourth-order valence-electron chi connectivity index (χ4n) is 14.7. The maximum atomic E-state index is 2.65. The third-order valence-electron chi connectivity index (χ3n) is 16.9. The van der Waals surface area contributed by atoms with Crippen molar-refractivity contribution in [2.45, 2.75) is 37.5 Å². The van der Waals surface area contributed by atoms with E-state index in [9.17, 15) is 0 Å². The van der Waals surface area contributed by atoms with Gasteiger partial charge in [-0.3, -0.25) is 0 Å². The summed E-state index contributed by atoms with van der Waals surface area (Å²) in [5, 5.41) is 12.8. The normalized spacial score (nSPS) is 21.4. The summed E-state index contributed by atoms with van der Waals surface area (Å²) in [6.45, 7) is 0. The first kappa shape index (κ1) is 36.9. The summed E-state index contributed by atoms with van der Waals surface area (Å²) in [6.07, 6.45) is 6.88. The zero-order chi connectivity index (χ0) is 43.1. The minimum Gasteiger partial charge on any atom is -0.310 e. The zero-order valence-corrected chi connectivity index (χ0v) is 36.9. The molecule has 0 aromatic heterocycles. The minimum atomic E-state index is 0.0262. The van der Waals surface area contributed by atoms with Gasteiger partial charge in [-0.2, -0.15) is 0 Å². The lowest BCUT2D eigenvalue weighted by molar-refractivity contribution is -0.0397. The number of hydrogen-bond donors (Lipinski definition) is 0. The van der Waals surface area contributed by atoms with E-state index < -0.39 is 0 Å². The molecule has 0 N–H and O–H groups in total. The van der Waals surface area contributed by atoms with Crippen LogP contribution in [0.25, 0.3) is 65.0 Å². The van der Waals surface area contributed by atoms with Gasteiger partial charge in [0.1, 0.15) is 0 Å². The Labute approximate surface area is 385 Å². The van der Waals surface area contributed by atoms with Crippen LogP contribution in [0.2, 0.25) is 0 Å². The molecule has 11 aromatic carbocycles. The molecule has 314 valence electrons. The highest BCUT2D eigenvalue weighted by Gasteiger charge is 2.62. The van der Waals surface area contributed by atoms with Crippen LogP contribution in [0.5, 0.6) is 0 Å². The van der Waals surface area contributed by atoms with E-state index >= 15 is 0 Å². The van der Waals surface area contributed by atoms with Crippen LogP contribution in [0.15, 0.2) is 206 Å². The molecule has 0 saturated heterocycles. The molecule has 66 heavy (non-hydrogen) atoms. The molecule has 1 spiro atoms. The van der Waals surface area contributed by atoms with Crippen molar-refractivity contribution in [2.75, 3.05) is 9.80 Å². The number of benzene rings is 11. The highest BCUT2D eigenvalue weighted by atomic mass is 15.2. The zero-order valence-electron chi connectivity index (χ0n) is 36.9. The lowest BCUT2D eigenvalue weighted by Crippen LogP contribution is -2.55. The molecule has 4 saturated carbocycles. The van der Waals surface area contributed by atoms with Crippen LogP contribution in [-0.4, -0.2) is 0 Å². The van der Waals surface area contributed by atoms with Crippen molar-refractivity contribution in [3.63, 3.8) is 0 Å². The Kier molecular flexibility index (Phi) is 7.71. The molecule has 2 heteroatoms. The summed E-state index contributed by atoms with van der Waals surface area (Å²) < 4.78 is 0. The second kappa shape index (κ2) is 13.8. The lowest BCUT2D eigenvalue weighted by Gasteiger charge is -2.61. The molecule has 4 bridgehead atoms. The molecule has 0 heterocycles. The third kappa shape index (κ3) is 5.02. The van der Waals surface area contributed by atoms with Crippen molar-refractivity contribution in [2.24, 2.45) is 23.7 Å². The fraction of sp³-hybridized carbons (Fsp3) is 0.156. The Balaban J connectivity index is 0.963. The van der Waals surface area contributed by atoms with Gasteiger partial charge >= 0.3 is 0 Å². The molecule has 4 fully saturated rings. The van der Waals surface area contributed by atoms with Gasteiger partial charge in [0.15, 0.2) is 0 Å². The molecule has 2 nitrogen and oxygen atoms in total. The van der Waals surface area contributed by atoms with Crippen molar-refractivity contribution in [1.82, 2.24) is 0 Å². The van der Waals surface area contributed by atoms with E-state index in [0.717, 1.165) is 23.2 Å². The topological polar surface area (TPSA) is 6.48 Å². The summed E-state index contributed by atoms with van der Waals surface area (Å²) in [4.78, 5) is 5.12. The van der Waals surface area contributed by atoms with Crippen LogP contribution in [0.4, 0.5) is 34.1 Å². The maximum absolute atomic E-state index is 2.65. The standard InChI is InChI=1S/C64H48N2/c1-3-13-48(14-4-1)65(50-28-31-52-45(39-50)23-22-42-12-7-8-17-51(42)52)58-32-26-43-25-30-56-59(33-27-44-24-29-55(58)61(43)62(44)56)66(49-15-5-2-6-16-49)60-21-11-19-54-53-18-9-10-20-57(53)64(63(54)60)46-35-40-34-41(37-46)38-47(64)36-40/h1-33,39-41,46-47H,34-38H2. The minimum absolute atomic E-state index is 0.0262. The Morgan fingerprint density at radius 1 is 0.333 bits per heavy atom. The van der Waals surface area contributed by atoms with Crippen LogP contribution in [0.3, 0.4) is 0 Å². The van der Waals surface area contributed by atoms with E-state index in [-0.39, 0.29) is 5.41 Å². The summed E-state index contributed by atoms with van der Waals surface area (Å²) in [5.74, 6) is 3.11. The fourth-order valence-corrected chi connectivity index (χ4v) is 14.7. The smallest absolute Gasteiger partial charge is 0.0540 e. The van der Waals surface area contributed by atoms with Crippen LogP contribution >= 0.6 is 0 Å². The van der Waals surface area contributed by atoms with Gasteiger partial charge < -0.3 is 9.80 Å². The van der Waals surface area contributed by atoms with E-state index in [4.69, 9.17) is 0 Å². The Hall–Kier alpha value is -7.42. The second-order valence-electron chi connectivity index (χ2n) is 20.0. The van der Waals surface area contributed by atoms with Crippen LogP contribution in [0.1, 0.15) is 43.2 Å². The first-order chi connectivity index (χ1) is 32.7. The van der Waals surface area contributed by atoms with E-state index in [1.165, 1.54) is 120 Å². The van der Waals surface area contributed by atoms with Gasteiger partial charge in [0.05, 0.1) is 17.1 Å².